The van der Waals surface area contributed by atoms with Gasteiger partial charge in [0.2, 0.25) is 0 Å². The smallest absolute Gasteiger partial charge is 0.115 e. The van der Waals surface area contributed by atoms with E-state index in [0.717, 1.165) is 5.57 Å². The van der Waals surface area contributed by atoms with E-state index in [1.54, 1.807) is 12.2 Å². The van der Waals surface area contributed by atoms with Gasteiger partial charge in [0, 0.05) is 0 Å². The van der Waals surface area contributed by atoms with E-state index in [4.69, 9.17) is 0 Å². The Labute approximate surface area is 75.1 Å². The molecule has 0 aromatic carbocycles. The van der Waals surface area contributed by atoms with Crippen molar-refractivity contribution >= 4 is 0 Å². The molecule has 68 valence electrons. The molecule has 1 heteroatoms. The van der Waals surface area contributed by atoms with E-state index < -0.39 is 0 Å². The van der Waals surface area contributed by atoms with Crippen molar-refractivity contribution in [2.24, 2.45) is 5.41 Å². The van der Waals surface area contributed by atoms with Gasteiger partial charge < -0.3 is 5.11 Å². The van der Waals surface area contributed by atoms with E-state index in [0.29, 0.717) is 5.76 Å². The third kappa shape index (κ3) is 2.95. The second-order valence-electron chi connectivity index (χ2n) is 3.74. The van der Waals surface area contributed by atoms with Gasteiger partial charge in [0.1, 0.15) is 5.76 Å². The van der Waals surface area contributed by atoms with Gasteiger partial charge in [-0.15, -0.1) is 0 Å². The Morgan fingerprint density at radius 2 is 1.83 bits per heavy atom. The predicted molar refractivity (Wildman–Crippen MR) is 54.1 cm³/mol. The molecule has 0 saturated carbocycles. The summed E-state index contributed by atoms with van der Waals surface area (Å²) in [5, 5.41) is 9.53. The normalized spacial score (nSPS) is 14.7. The van der Waals surface area contributed by atoms with Crippen LogP contribution in [0.5, 0.6) is 0 Å². The lowest BCUT2D eigenvalue weighted by Gasteiger charge is -2.21. The summed E-state index contributed by atoms with van der Waals surface area (Å²) in [4.78, 5) is 0. The van der Waals surface area contributed by atoms with Crippen molar-refractivity contribution in [2.75, 3.05) is 0 Å². The van der Waals surface area contributed by atoms with E-state index in [1.165, 1.54) is 0 Å². The molecular weight excluding hydrogens is 148 g/mol. The largest absolute Gasteiger partial charge is 0.508 e. The van der Waals surface area contributed by atoms with Crippen LogP contribution in [0.3, 0.4) is 0 Å². The fourth-order valence-corrected chi connectivity index (χ4v) is 0.993. The average Bonchev–Trinajstić information content (AvgIpc) is 1.96. The number of allylic oxidation sites excluding steroid dienone is 4. The topological polar surface area (TPSA) is 20.2 Å². The second-order valence-corrected chi connectivity index (χ2v) is 3.74. The van der Waals surface area contributed by atoms with Crippen LogP contribution in [-0.2, 0) is 0 Å². The van der Waals surface area contributed by atoms with Crippen LogP contribution in [0.4, 0.5) is 0 Å². The third-order valence-corrected chi connectivity index (χ3v) is 1.64. The van der Waals surface area contributed by atoms with Crippen molar-refractivity contribution in [1.82, 2.24) is 0 Å². The molecule has 0 heterocycles. The third-order valence-electron chi connectivity index (χ3n) is 1.64. The molecule has 0 fully saturated rings. The summed E-state index contributed by atoms with van der Waals surface area (Å²) in [7, 11) is 0. The molecule has 0 amide bonds. The lowest BCUT2D eigenvalue weighted by Crippen LogP contribution is -2.11. The molecule has 0 aromatic rings. The standard InChI is InChI=1S/C11H18O/c1-6-8-9(10(12)7-2)11(3,4)5/h6-8,12H,1H2,2-5H3/b9-8+,10-7+. The molecule has 0 aromatic heterocycles. The first-order valence-corrected chi connectivity index (χ1v) is 4.12. The van der Waals surface area contributed by atoms with Gasteiger partial charge in [-0.2, -0.15) is 0 Å². The minimum absolute atomic E-state index is 0.0369. The second kappa shape index (κ2) is 4.15. The molecule has 12 heavy (non-hydrogen) atoms. The van der Waals surface area contributed by atoms with Gasteiger partial charge in [0.05, 0.1) is 0 Å². The summed E-state index contributed by atoms with van der Waals surface area (Å²) in [6.07, 6.45) is 5.23. The van der Waals surface area contributed by atoms with Gasteiger partial charge in [0.15, 0.2) is 0 Å². The van der Waals surface area contributed by atoms with Crippen molar-refractivity contribution in [2.45, 2.75) is 27.7 Å². The first kappa shape index (κ1) is 11.0. The van der Waals surface area contributed by atoms with Crippen LogP contribution in [0.15, 0.2) is 36.1 Å². The maximum absolute atomic E-state index is 9.53. The summed E-state index contributed by atoms with van der Waals surface area (Å²) < 4.78 is 0. The molecule has 0 rings (SSSR count). The van der Waals surface area contributed by atoms with E-state index >= 15 is 0 Å². The van der Waals surface area contributed by atoms with E-state index in [1.807, 2.05) is 13.0 Å². The molecule has 1 nitrogen and oxygen atoms in total. The fraction of sp³-hybridized carbons (Fsp3) is 0.455. The number of rotatable bonds is 2. The Hall–Kier alpha value is -0.980. The average molecular weight is 166 g/mol. The Bertz CT molecular complexity index is 214. The van der Waals surface area contributed by atoms with E-state index in [-0.39, 0.29) is 5.41 Å². The van der Waals surface area contributed by atoms with Crippen molar-refractivity contribution in [1.29, 1.82) is 0 Å². The van der Waals surface area contributed by atoms with Crippen LogP contribution >= 0.6 is 0 Å². The summed E-state index contributed by atoms with van der Waals surface area (Å²) in [5.74, 6) is 0.336. The monoisotopic (exact) mass is 166 g/mol. The first-order valence-electron chi connectivity index (χ1n) is 4.12. The van der Waals surface area contributed by atoms with Crippen molar-refractivity contribution in [3.8, 4) is 0 Å². The first-order chi connectivity index (χ1) is 5.43. The highest BCUT2D eigenvalue weighted by Gasteiger charge is 2.18. The van der Waals surface area contributed by atoms with Crippen LogP contribution in [-0.4, -0.2) is 5.11 Å². The SMILES string of the molecule is C=C/C=C(\C(O)=C/C)C(C)(C)C. The van der Waals surface area contributed by atoms with Crippen LogP contribution in [0, 0.1) is 5.41 Å². The van der Waals surface area contributed by atoms with E-state index in [9.17, 15) is 5.11 Å². The molecule has 0 aliphatic rings. The minimum atomic E-state index is -0.0369. The van der Waals surface area contributed by atoms with Crippen LogP contribution in [0.1, 0.15) is 27.7 Å². The molecule has 0 radical (unpaired) electrons. The highest BCUT2D eigenvalue weighted by atomic mass is 16.3. The lowest BCUT2D eigenvalue weighted by molar-refractivity contribution is 0.378. The van der Waals surface area contributed by atoms with Crippen molar-refractivity contribution < 1.29 is 5.11 Å². The Balaban J connectivity index is 4.95. The van der Waals surface area contributed by atoms with E-state index in [2.05, 4.69) is 27.4 Å². The van der Waals surface area contributed by atoms with Crippen molar-refractivity contribution in [3.05, 3.63) is 36.1 Å². The molecule has 0 saturated heterocycles. The van der Waals surface area contributed by atoms with Gasteiger partial charge in [-0.05, 0) is 24.0 Å². The summed E-state index contributed by atoms with van der Waals surface area (Å²) >= 11 is 0. The molecule has 0 unspecified atom stereocenters. The number of hydrogen-bond acceptors (Lipinski definition) is 1. The van der Waals surface area contributed by atoms with Crippen molar-refractivity contribution in [3.63, 3.8) is 0 Å². The van der Waals surface area contributed by atoms with Gasteiger partial charge in [-0.25, -0.2) is 0 Å². The predicted octanol–water partition coefficient (Wildman–Crippen LogP) is 3.61. The summed E-state index contributed by atoms with van der Waals surface area (Å²) in [6, 6.07) is 0. The summed E-state index contributed by atoms with van der Waals surface area (Å²) in [5.41, 5.74) is 0.880. The van der Waals surface area contributed by atoms with Crippen LogP contribution < -0.4 is 0 Å². The van der Waals surface area contributed by atoms with Gasteiger partial charge in [0.25, 0.3) is 0 Å². The zero-order valence-electron chi connectivity index (χ0n) is 8.39. The zero-order valence-corrected chi connectivity index (χ0v) is 8.39. The maximum atomic E-state index is 9.53. The van der Waals surface area contributed by atoms with Gasteiger partial charge >= 0.3 is 0 Å². The maximum Gasteiger partial charge on any atom is 0.115 e. The van der Waals surface area contributed by atoms with Gasteiger partial charge in [-0.3, -0.25) is 0 Å². The number of hydrogen-bond donors (Lipinski definition) is 1. The highest BCUT2D eigenvalue weighted by molar-refractivity contribution is 5.32. The lowest BCUT2D eigenvalue weighted by atomic mass is 9.85. The molecule has 0 atom stereocenters. The zero-order chi connectivity index (χ0) is 9.78. The fourth-order valence-electron chi connectivity index (χ4n) is 0.993. The van der Waals surface area contributed by atoms with Crippen LogP contribution in [0.25, 0.3) is 0 Å². The molecule has 0 bridgehead atoms. The number of aliphatic hydroxyl groups excluding tert-OH is 1. The summed E-state index contributed by atoms with van der Waals surface area (Å²) in [6.45, 7) is 11.6. The van der Waals surface area contributed by atoms with Gasteiger partial charge in [-0.1, -0.05) is 39.5 Å². The Morgan fingerprint density at radius 3 is 2.08 bits per heavy atom. The molecule has 0 aliphatic heterocycles. The molecule has 1 N–H and O–H groups in total. The quantitative estimate of drug-likeness (QED) is 0.491. The number of aliphatic hydroxyl groups is 1. The Morgan fingerprint density at radius 1 is 1.33 bits per heavy atom. The highest BCUT2D eigenvalue weighted by Crippen LogP contribution is 2.29. The Kier molecular flexibility index (Phi) is 3.81. The minimum Gasteiger partial charge on any atom is -0.508 e. The molecule has 0 aliphatic carbocycles. The molecular formula is C11H18O. The van der Waals surface area contributed by atoms with Crippen LogP contribution in [0.2, 0.25) is 0 Å². The molecule has 0 spiro atoms.